The van der Waals surface area contributed by atoms with Crippen molar-refractivity contribution in [2.75, 3.05) is 6.54 Å². The van der Waals surface area contributed by atoms with Crippen molar-refractivity contribution in [2.24, 2.45) is 5.73 Å². The molecule has 0 unspecified atom stereocenters. The molecule has 0 aliphatic rings. The Morgan fingerprint density at radius 1 is 1.10 bits per heavy atom. The van der Waals surface area contributed by atoms with E-state index in [-0.39, 0.29) is 10.8 Å². The third kappa shape index (κ3) is 2.72. The van der Waals surface area contributed by atoms with Gasteiger partial charge >= 0.3 is 0 Å². The summed E-state index contributed by atoms with van der Waals surface area (Å²) >= 11 is 0. The van der Waals surface area contributed by atoms with Gasteiger partial charge in [-0.1, -0.05) is 49.3 Å². The van der Waals surface area contributed by atoms with Crippen LogP contribution < -0.4 is 5.73 Å². The number of nitrogens with two attached hydrogens (primary N) is 1. The second-order valence-electron chi connectivity index (χ2n) is 6.17. The molecule has 2 aromatic rings. The highest BCUT2D eigenvalue weighted by molar-refractivity contribution is 5.32. The van der Waals surface area contributed by atoms with E-state index in [9.17, 15) is 0 Å². The van der Waals surface area contributed by atoms with Crippen molar-refractivity contribution in [3.63, 3.8) is 0 Å². The Hall–Kier alpha value is -1.68. The molecule has 0 aliphatic carbocycles. The van der Waals surface area contributed by atoms with Crippen molar-refractivity contribution in [2.45, 2.75) is 51.4 Å². The minimum atomic E-state index is -0.296. The van der Waals surface area contributed by atoms with Crippen molar-refractivity contribution in [3.05, 3.63) is 47.6 Å². The summed E-state index contributed by atoms with van der Waals surface area (Å²) in [6.07, 6.45) is 1.85. The molecule has 1 aromatic heterocycles. The first kappa shape index (κ1) is 15.7. The smallest absolute Gasteiger partial charge is 0.233 e. The number of benzene rings is 1. The van der Waals surface area contributed by atoms with Gasteiger partial charge in [-0.15, -0.1) is 0 Å². The van der Waals surface area contributed by atoms with Gasteiger partial charge in [-0.2, -0.15) is 4.98 Å². The molecule has 0 radical (unpaired) electrons. The molecule has 1 heterocycles. The van der Waals surface area contributed by atoms with Gasteiger partial charge in [0.25, 0.3) is 0 Å². The van der Waals surface area contributed by atoms with E-state index in [1.165, 1.54) is 5.56 Å². The number of rotatable bonds is 6. The van der Waals surface area contributed by atoms with Crippen molar-refractivity contribution in [1.82, 2.24) is 10.1 Å². The maximum atomic E-state index is 5.80. The SMILES string of the molecule is CCC(CC)(c1ccccc1)c1noc(C(C)(C)CN)n1. The van der Waals surface area contributed by atoms with Crippen LogP contribution in [0.25, 0.3) is 0 Å². The van der Waals surface area contributed by atoms with Gasteiger partial charge in [0.1, 0.15) is 0 Å². The average Bonchev–Trinajstić information content (AvgIpc) is 3.01. The second-order valence-corrected chi connectivity index (χ2v) is 6.17. The molecule has 0 aliphatic heterocycles. The van der Waals surface area contributed by atoms with Crippen LogP contribution in [-0.4, -0.2) is 16.7 Å². The van der Waals surface area contributed by atoms with E-state index in [1.54, 1.807) is 0 Å². The molecule has 0 fully saturated rings. The number of hydrogen-bond donors (Lipinski definition) is 1. The van der Waals surface area contributed by atoms with Gasteiger partial charge in [0, 0.05) is 6.54 Å². The Bertz CT molecular complexity index is 571. The summed E-state index contributed by atoms with van der Waals surface area (Å²) in [5, 5.41) is 4.28. The van der Waals surface area contributed by atoms with Crippen LogP contribution in [0.1, 0.15) is 57.8 Å². The Morgan fingerprint density at radius 2 is 1.71 bits per heavy atom. The quantitative estimate of drug-likeness (QED) is 0.884. The minimum absolute atomic E-state index is 0.201. The fraction of sp³-hybridized carbons (Fsp3) is 0.529. The molecule has 4 nitrogen and oxygen atoms in total. The topological polar surface area (TPSA) is 64.9 Å². The lowest BCUT2D eigenvalue weighted by atomic mass is 9.75. The van der Waals surface area contributed by atoms with Gasteiger partial charge in [0.05, 0.1) is 10.8 Å². The van der Waals surface area contributed by atoms with Crippen molar-refractivity contribution in [3.8, 4) is 0 Å². The van der Waals surface area contributed by atoms with Gasteiger partial charge in [-0.3, -0.25) is 0 Å². The molecule has 21 heavy (non-hydrogen) atoms. The zero-order chi connectivity index (χ0) is 15.5. The number of aromatic nitrogens is 2. The summed E-state index contributed by atoms with van der Waals surface area (Å²) < 4.78 is 5.51. The van der Waals surface area contributed by atoms with Crippen LogP contribution in [0.2, 0.25) is 0 Å². The zero-order valence-corrected chi connectivity index (χ0v) is 13.4. The predicted molar refractivity (Wildman–Crippen MR) is 84.2 cm³/mol. The highest BCUT2D eigenvalue weighted by atomic mass is 16.5. The summed E-state index contributed by atoms with van der Waals surface area (Å²) in [7, 11) is 0. The lowest BCUT2D eigenvalue weighted by Gasteiger charge is -2.28. The third-order valence-corrected chi connectivity index (χ3v) is 4.48. The van der Waals surface area contributed by atoms with Crippen LogP contribution in [0.3, 0.4) is 0 Å². The second kappa shape index (κ2) is 5.98. The van der Waals surface area contributed by atoms with E-state index in [0.717, 1.165) is 18.7 Å². The maximum absolute atomic E-state index is 5.80. The first-order valence-electron chi connectivity index (χ1n) is 7.60. The van der Waals surface area contributed by atoms with Crippen LogP contribution in [0, 0.1) is 0 Å². The van der Waals surface area contributed by atoms with E-state index in [2.05, 4.69) is 48.3 Å². The van der Waals surface area contributed by atoms with Gasteiger partial charge in [0.2, 0.25) is 5.89 Å². The first-order chi connectivity index (χ1) is 10.00. The summed E-state index contributed by atoms with van der Waals surface area (Å²) in [5.41, 5.74) is 6.54. The van der Waals surface area contributed by atoms with Crippen molar-refractivity contribution in [1.29, 1.82) is 0 Å². The summed E-state index contributed by atoms with van der Waals surface area (Å²) in [4.78, 5) is 4.69. The highest BCUT2D eigenvalue weighted by Gasteiger charge is 2.37. The zero-order valence-electron chi connectivity index (χ0n) is 13.4. The monoisotopic (exact) mass is 287 g/mol. The molecule has 0 saturated heterocycles. The molecule has 2 N–H and O–H groups in total. The van der Waals surface area contributed by atoms with Crippen LogP contribution in [0.15, 0.2) is 34.9 Å². The summed E-state index contributed by atoms with van der Waals surface area (Å²) in [5.74, 6) is 1.37. The molecule has 0 spiro atoms. The molecule has 114 valence electrons. The van der Waals surface area contributed by atoms with Crippen LogP contribution in [0.5, 0.6) is 0 Å². The van der Waals surface area contributed by atoms with E-state index < -0.39 is 0 Å². The van der Waals surface area contributed by atoms with Crippen LogP contribution in [-0.2, 0) is 10.8 Å². The fourth-order valence-corrected chi connectivity index (χ4v) is 2.64. The molecule has 1 aromatic carbocycles. The molecule has 2 rings (SSSR count). The maximum Gasteiger partial charge on any atom is 0.233 e. The van der Waals surface area contributed by atoms with Gasteiger partial charge in [0.15, 0.2) is 5.82 Å². The van der Waals surface area contributed by atoms with Crippen LogP contribution in [0.4, 0.5) is 0 Å². The molecule has 0 bridgehead atoms. The number of nitrogens with zero attached hydrogens (tertiary/aromatic N) is 2. The fourth-order valence-electron chi connectivity index (χ4n) is 2.64. The largest absolute Gasteiger partial charge is 0.339 e. The lowest BCUT2D eigenvalue weighted by Crippen LogP contribution is -2.30. The normalized spacial score (nSPS) is 12.6. The first-order valence-corrected chi connectivity index (χ1v) is 7.60. The summed E-state index contributed by atoms with van der Waals surface area (Å²) in [6.45, 7) is 8.85. The van der Waals surface area contributed by atoms with E-state index in [1.807, 2.05) is 19.9 Å². The van der Waals surface area contributed by atoms with Crippen molar-refractivity contribution >= 4 is 0 Å². The van der Waals surface area contributed by atoms with Gasteiger partial charge in [-0.05, 0) is 32.3 Å². The number of hydrogen-bond acceptors (Lipinski definition) is 4. The van der Waals surface area contributed by atoms with E-state index >= 15 is 0 Å². The molecule has 0 atom stereocenters. The van der Waals surface area contributed by atoms with Crippen molar-refractivity contribution < 1.29 is 4.52 Å². The van der Waals surface area contributed by atoms with Gasteiger partial charge < -0.3 is 10.3 Å². The molecule has 0 amide bonds. The molecule has 0 saturated carbocycles. The average molecular weight is 287 g/mol. The lowest BCUT2D eigenvalue weighted by molar-refractivity contribution is 0.303. The molecular formula is C17H25N3O. The highest BCUT2D eigenvalue weighted by Crippen LogP contribution is 2.37. The van der Waals surface area contributed by atoms with Gasteiger partial charge in [-0.25, -0.2) is 0 Å². The summed E-state index contributed by atoms with van der Waals surface area (Å²) in [6, 6.07) is 10.4. The standard InChI is InChI=1S/C17H25N3O/c1-5-17(6-2,13-10-8-7-9-11-13)14-19-15(21-20-14)16(3,4)12-18/h7-11H,5-6,12,18H2,1-4H3. The Kier molecular flexibility index (Phi) is 4.47. The Balaban J connectivity index is 2.50. The third-order valence-electron chi connectivity index (χ3n) is 4.48. The van der Waals surface area contributed by atoms with Crippen LogP contribution >= 0.6 is 0 Å². The molecule has 4 heteroatoms. The minimum Gasteiger partial charge on any atom is -0.339 e. The molecular weight excluding hydrogens is 262 g/mol. The Labute approximate surface area is 126 Å². The predicted octanol–water partition coefficient (Wildman–Crippen LogP) is 3.41. The Morgan fingerprint density at radius 3 is 2.24 bits per heavy atom. The van der Waals surface area contributed by atoms with E-state index in [0.29, 0.717) is 12.4 Å². The van der Waals surface area contributed by atoms with E-state index in [4.69, 9.17) is 10.3 Å².